The van der Waals surface area contributed by atoms with E-state index in [0.29, 0.717) is 13.0 Å². The van der Waals surface area contributed by atoms with Gasteiger partial charge in [0, 0.05) is 56.3 Å². The van der Waals surface area contributed by atoms with Gasteiger partial charge in [0.2, 0.25) is 5.91 Å². The summed E-state index contributed by atoms with van der Waals surface area (Å²) < 4.78 is 14.3. The third-order valence-corrected chi connectivity index (χ3v) is 7.44. The molecule has 1 aliphatic rings. The minimum atomic E-state index is -0.219. The molecule has 0 spiro atoms. The SMILES string of the molecule is Cc1ccc(SCCC(=O)NCCN2CCN(c3nc4ccc(F)cc4s3)CC2)cc1. The van der Waals surface area contributed by atoms with Crippen molar-refractivity contribution in [3.63, 3.8) is 0 Å². The van der Waals surface area contributed by atoms with Crippen LogP contribution in [0, 0.1) is 12.7 Å². The number of fused-ring (bicyclic) bond motifs is 1. The predicted octanol–water partition coefficient (Wildman–Crippen LogP) is 4.16. The van der Waals surface area contributed by atoms with E-state index in [9.17, 15) is 9.18 Å². The number of aryl methyl sites for hydroxylation is 1. The van der Waals surface area contributed by atoms with E-state index in [4.69, 9.17) is 0 Å². The molecule has 1 saturated heterocycles. The summed E-state index contributed by atoms with van der Waals surface area (Å²) in [7, 11) is 0. The molecule has 1 amide bonds. The molecule has 0 aliphatic carbocycles. The molecular formula is C23H27FN4OS2. The Morgan fingerprint density at radius 1 is 1.16 bits per heavy atom. The van der Waals surface area contributed by atoms with E-state index in [1.165, 1.54) is 16.5 Å². The molecule has 4 rings (SSSR count). The summed E-state index contributed by atoms with van der Waals surface area (Å²) in [5.74, 6) is 0.683. The molecule has 1 N–H and O–H groups in total. The van der Waals surface area contributed by atoms with Gasteiger partial charge in [-0.05, 0) is 37.3 Å². The van der Waals surface area contributed by atoms with Gasteiger partial charge in [0.25, 0.3) is 0 Å². The van der Waals surface area contributed by atoms with E-state index >= 15 is 0 Å². The number of amides is 1. The highest BCUT2D eigenvalue weighted by Gasteiger charge is 2.19. The topological polar surface area (TPSA) is 48.5 Å². The molecule has 1 fully saturated rings. The van der Waals surface area contributed by atoms with Crippen molar-refractivity contribution in [2.24, 2.45) is 0 Å². The second-order valence-corrected chi connectivity index (χ2v) is 9.88. The summed E-state index contributed by atoms with van der Waals surface area (Å²) in [5.41, 5.74) is 2.10. The van der Waals surface area contributed by atoms with Gasteiger partial charge in [0.1, 0.15) is 5.82 Å². The second-order valence-electron chi connectivity index (χ2n) is 7.70. The van der Waals surface area contributed by atoms with Crippen molar-refractivity contribution in [1.82, 2.24) is 15.2 Å². The molecule has 31 heavy (non-hydrogen) atoms. The van der Waals surface area contributed by atoms with E-state index < -0.39 is 0 Å². The second kappa shape index (κ2) is 10.4. The van der Waals surface area contributed by atoms with Crippen LogP contribution >= 0.6 is 23.1 Å². The molecule has 164 valence electrons. The van der Waals surface area contributed by atoms with E-state index in [1.807, 2.05) is 0 Å². The van der Waals surface area contributed by atoms with Crippen LogP contribution in [0.15, 0.2) is 47.4 Å². The van der Waals surface area contributed by atoms with Crippen LogP contribution in [0.25, 0.3) is 10.2 Å². The zero-order chi connectivity index (χ0) is 21.6. The highest BCUT2D eigenvalue weighted by molar-refractivity contribution is 7.99. The number of halogens is 1. The molecule has 5 nitrogen and oxygen atoms in total. The first-order valence-corrected chi connectivity index (χ1v) is 12.4. The predicted molar refractivity (Wildman–Crippen MR) is 128 cm³/mol. The van der Waals surface area contributed by atoms with Crippen molar-refractivity contribution >= 4 is 44.4 Å². The third kappa shape index (κ3) is 6.18. The number of hydrogen-bond donors (Lipinski definition) is 1. The van der Waals surface area contributed by atoms with Crippen molar-refractivity contribution < 1.29 is 9.18 Å². The highest BCUT2D eigenvalue weighted by Crippen LogP contribution is 2.29. The van der Waals surface area contributed by atoms with E-state index in [1.54, 1.807) is 35.2 Å². The van der Waals surface area contributed by atoms with Crippen molar-refractivity contribution in [3.05, 3.63) is 53.8 Å². The monoisotopic (exact) mass is 458 g/mol. The fourth-order valence-electron chi connectivity index (χ4n) is 3.52. The molecule has 3 aromatic rings. The lowest BCUT2D eigenvalue weighted by Crippen LogP contribution is -2.48. The first kappa shape index (κ1) is 22.0. The van der Waals surface area contributed by atoms with Gasteiger partial charge >= 0.3 is 0 Å². The lowest BCUT2D eigenvalue weighted by Gasteiger charge is -2.34. The molecule has 0 bridgehead atoms. The summed E-state index contributed by atoms with van der Waals surface area (Å²) in [6.07, 6.45) is 0.532. The average Bonchev–Trinajstić information content (AvgIpc) is 3.19. The van der Waals surface area contributed by atoms with Gasteiger partial charge < -0.3 is 10.2 Å². The Morgan fingerprint density at radius 2 is 1.94 bits per heavy atom. The number of benzene rings is 2. The maximum Gasteiger partial charge on any atom is 0.220 e. The Morgan fingerprint density at radius 3 is 2.71 bits per heavy atom. The zero-order valence-electron chi connectivity index (χ0n) is 17.6. The molecule has 2 heterocycles. The summed E-state index contributed by atoms with van der Waals surface area (Å²) in [4.78, 5) is 22.6. The van der Waals surface area contributed by atoms with Gasteiger partial charge in [-0.25, -0.2) is 9.37 Å². The summed E-state index contributed by atoms with van der Waals surface area (Å²) in [6.45, 7) is 7.26. The molecule has 1 aliphatic heterocycles. The minimum Gasteiger partial charge on any atom is -0.355 e. The van der Waals surface area contributed by atoms with Crippen molar-refractivity contribution in [2.45, 2.75) is 18.2 Å². The Balaban J connectivity index is 1.13. The van der Waals surface area contributed by atoms with Gasteiger partial charge in [0.15, 0.2) is 5.13 Å². The fourth-order valence-corrected chi connectivity index (χ4v) is 5.42. The number of carbonyl (C=O) groups excluding carboxylic acids is 1. The molecule has 0 unspecified atom stereocenters. The van der Waals surface area contributed by atoms with Gasteiger partial charge in [-0.1, -0.05) is 29.0 Å². The van der Waals surface area contributed by atoms with Crippen LogP contribution in [0.2, 0.25) is 0 Å². The molecule has 0 saturated carbocycles. The minimum absolute atomic E-state index is 0.111. The Labute approximate surface area is 190 Å². The van der Waals surface area contributed by atoms with E-state index in [2.05, 4.69) is 51.3 Å². The number of anilines is 1. The van der Waals surface area contributed by atoms with Crippen LogP contribution in [0.3, 0.4) is 0 Å². The maximum absolute atomic E-state index is 13.4. The van der Waals surface area contributed by atoms with Crippen molar-refractivity contribution in [3.8, 4) is 0 Å². The molecule has 2 aromatic carbocycles. The number of thiazole rings is 1. The fraction of sp³-hybridized carbons (Fsp3) is 0.391. The number of thioether (sulfide) groups is 1. The number of piperazine rings is 1. The standard InChI is InChI=1S/C23H27FN4OS2/c1-17-2-5-19(6-3-17)30-15-8-22(29)25-9-10-27-11-13-28(14-12-27)23-26-20-7-4-18(24)16-21(20)31-23/h2-7,16H,8-15H2,1H3,(H,25,29). The molecule has 0 atom stereocenters. The van der Waals surface area contributed by atoms with E-state index in [0.717, 1.165) is 53.8 Å². The number of hydrogen-bond acceptors (Lipinski definition) is 6. The molecule has 0 radical (unpaired) electrons. The smallest absolute Gasteiger partial charge is 0.220 e. The Bertz CT molecular complexity index is 1020. The number of nitrogens with zero attached hydrogens (tertiary/aromatic N) is 3. The number of rotatable bonds is 8. The van der Waals surface area contributed by atoms with E-state index in [-0.39, 0.29) is 11.7 Å². The third-order valence-electron chi connectivity index (χ3n) is 5.35. The van der Waals surface area contributed by atoms with Gasteiger partial charge in [-0.2, -0.15) is 0 Å². The normalized spacial score (nSPS) is 14.8. The van der Waals surface area contributed by atoms with Crippen LogP contribution < -0.4 is 10.2 Å². The lowest BCUT2D eigenvalue weighted by molar-refractivity contribution is -0.120. The maximum atomic E-state index is 13.4. The molecular weight excluding hydrogens is 431 g/mol. The molecule has 8 heteroatoms. The summed E-state index contributed by atoms with van der Waals surface area (Å²) in [5, 5.41) is 4.00. The van der Waals surface area contributed by atoms with Gasteiger partial charge in [-0.3, -0.25) is 9.69 Å². The van der Waals surface area contributed by atoms with Crippen LogP contribution in [0.1, 0.15) is 12.0 Å². The Hall–Kier alpha value is -2.16. The number of nitrogens with one attached hydrogen (secondary N) is 1. The van der Waals surface area contributed by atoms with Crippen LogP contribution in [0.5, 0.6) is 0 Å². The largest absolute Gasteiger partial charge is 0.355 e. The van der Waals surface area contributed by atoms with Gasteiger partial charge in [-0.15, -0.1) is 11.8 Å². The van der Waals surface area contributed by atoms with Crippen LogP contribution in [-0.2, 0) is 4.79 Å². The lowest BCUT2D eigenvalue weighted by atomic mass is 10.2. The number of aromatic nitrogens is 1. The first-order valence-electron chi connectivity index (χ1n) is 10.6. The van der Waals surface area contributed by atoms with Crippen molar-refractivity contribution in [2.75, 3.05) is 49.9 Å². The quantitative estimate of drug-likeness (QED) is 0.514. The highest BCUT2D eigenvalue weighted by atomic mass is 32.2. The number of carbonyl (C=O) groups is 1. The van der Waals surface area contributed by atoms with Crippen LogP contribution in [0.4, 0.5) is 9.52 Å². The van der Waals surface area contributed by atoms with Crippen LogP contribution in [-0.4, -0.2) is 60.8 Å². The summed E-state index contributed by atoms with van der Waals surface area (Å²) in [6, 6.07) is 13.1. The zero-order valence-corrected chi connectivity index (χ0v) is 19.3. The average molecular weight is 459 g/mol. The summed E-state index contributed by atoms with van der Waals surface area (Å²) >= 11 is 3.26. The molecule has 1 aromatic heterocycles. The van der Waals surface area contributed by atoms with Gasteiger partial charge in [0.05, 0.1) is 10.2 Å². The van der Waals surface area contributed by atoms with Crippen molar-refractivity contribution in [1.29, 1.82) is 0 Å². The first-order chi connectivity index (χ1) is 15.1. The Kier molecular flexibility index (Phi) is 7.42.